The lowest BCUT2D eigenvalue weighted by Crippen LogP contribution is -2.14. The topological polar surface area (TPSA) is 20.2 Å². The number of fused-ring (bicyclic) bond motifs is 1. The van der Waals surface area contributed by atoms with Crippen molar-refractivity contribution in [2.75, 3.05) is 0 Å². The monoisotopic (exact) mass is 188 g/mol. The average molecular weight is 188 g/mol. The zero-order chi connectivity index (χ0) is 9.60. The molecule has 1 N–H and O–H groups in total. The van der Waals surface area contributed by atoms with Crippen molar-refractivity contribution in [2.24, 2.45) is 5.92 Å². The van der Waals surface area contributed by atoms with E-state index in [1.54, 1.807) is 0 Å². The average Bonchev–Trinajstić information content (AvgIpc) is 2.77. The molecule has 2 aliphatic rings. The highest BCUT2D eigenvalue weighted by molar-refractivity contribution is 5.32. The van der Waals surface area contributed by atoms with E-state index in [4.69, 9.17) is 0 Å². The van der Waals surface area contributed by atoms with Crippen molar-refractivity contribution in [3.63, 3.8) is 0 Å². The maximum atomic E-state index is 9.87. The fraction of sp³-hybridized carbons (Fsp3) is 0.538. The van der Waals surface area contributed by atoms with Gasteiger partial charge in [-0.1, -0.05) is 24.3 Å². The van der Waals surface area contributed by atoms with Crippen LogP contribution >= 0.6 is 0 Å². The molecule has 1 heteroatoms. The molecule has 1 saturated carbocycles. The highest BCUT2D eigenvalue weighted by Gasteiger charge is 2.42. The molecule has 1 aromatic carbocycles. The van der Waals surface area contributed by atoms with E-state index in [0.29, 0.717) is 5.92 Å². The third-order valence-electron chi connectivity index (χ3n) is 3.63. The molecule has 14 heavy (non-hydrogen) atoms. The molecule has 0 atom stereocenters. The zero-order valence-electron chi connectivity index (χ0n) is 8.37. The zero-order valence-corrected chi connectivity index (χ0v) is 8.37. The maximum Gasteiger partial charge on any atom is 0.0652 e. The molecule has 1 nitrogen and oxygen atoms in total. The van der Waals surface area contributed by atoms with E-state index >= 15 is 0 Å². The Morgan fingerprint density at radius 1 is 1.14 bits per heavy atom. The second-order valence-electron chi connectivity index (χ2n) is 4.97. The fourth-order valence-electron chi connectivity index (χ4n) is 2.68. The first-order valence-corrected chi connectivity index (χ1v) is 5.54. The van der Waals surface area contributed by atoms with Crippen LogP contribution in [0.3, 0.4) is 0 Å². The molecule has 74 valence electrons. The summed E-state index contributed by atoms with van der Waals surface area (Å²) in [5.41, 5.74) is 2.73. The molecule has 0 saturated heterocycles. The van der Waals surface area contributed by atoms with Gasteiger partial charge in [-0.05, 0) is 49.1 Å². The second kappa shape index (κ2) is 2.83. The standard InChI is InChI=1S/C13H16O/c14-13(5-6-13)9-10-7-11-3-1-2-4-12(11)8-10/h1-4,10,14H,5-9H2. The molecule has 0 bridgehead atoms. The maximum absolute atomic E-state index is 9.87. The smallest absolute Gasteiger partial charge is 0.0652 e. The molecule has 0 aliphatic heterocycles. The Morgan fingerprint density at radius 2 is 1.71 bits per heavy atom. The number of aliphatic hydroxyl groups is 1. The highest BCUT2D eigenvalue weighted by Crippen LogP contribution is 2.43. The van der Waals surface area contributed by atoms with Gasteiger partial charge in [0.1, 0.15) is 0 Å². The van der Waals surface area contributed by atoms with Gasteiger partial charge in [0.15, 0.2) is 0 Å². The van der Waals surface area contributed by atoms with Crippen molar-refractivity contribution < 1.29 is 5.11 Å². The number of benzene rings is 1. The molecule has 0 aromatic heterocycles. The summed E-state index contributed by atoms with van der Waals surface area (Å²) in [6.07, 6.45) is 5.43. The van der Waals surface area contributed by atoms with Gasteiger partial charge in [0.2, 0.25) is 0 Å². The van der Waals surface area contributed by atoms with Gasteiger partial charge in [-0.3, -0.25) is 0 Å². The molecule has 0 unspecified atom stereocenters. The van der Waals surface area contributed by atoms with Crippen molar-refractivity contribution in [1.82, 2.24) is 0 Å². The summed E-state index contributed by atoms with van der Waals surface area (Å²) in [7, 11) is 0. The third-order valence-corrected chi connectivity index (χ3v) is 3.63. The minimum atomic E-state index is -0.271. The summed E-state index contributed by atoms with van der Waals surface area (Å²) < 4.78 is 0. The summed E-state index contributed by atoms with van der Waals surface area (Å²) in [5.74, 6) is 0.694. The lowest BCUT2D eigenvalue weighted by atomic mass is 9.97. The summed E-state index contributed by atoms with van der Waals surface area (Å²) in [6, 6.07) is 8.69. The summed E-state index contributed by atoms with van der Waals surface area (Å²) in [6.45, 7) is 0. The van der Waals surface area contributed by atoms with Gasteiger partial charge in [0.25, 0.3) is 0 Å². The molecule has 1 aromatic rings. The minimum absolute atomic E-state index is 0.271. The van der Waals surface area contributed by atoms with Crippen LogP contribution in [-0.4, -0.2) is 10.7 Å². The molecule has 0 amide bonds. The SMILES string of the molecule is OC1(CC2Cc3ccccc3C2)CC1. The van der Waals surface area contributed by atoms with E-state index in [9.17, 15) is 5.11 Å². The Hall–Kier alpha value is -0.820. The first-order chi connectivity index (χ1) is 6.75. The van der Waals surface area contributed by atoms with E-state index < -0.39 is 0 Å². The Kier molecular flexibility index (Phi) is 1.72. The van der Waals surface area contributed by atoms with E-state index in [1.165, 1.54) is 24.0 Å². The highest BCUT2D eigenvalue weighted by atomic mass is 16.3. The number of hydrogen-bond donors (Lipinski definition) is 1. The van der Waals surface area contributed by atoms with E-state index in [1.807, 2.05) is 0 Å². The molecule has 0 spiro atoms. The van der Waals surface area contributed by atoms with Crippen LogP contribution in [0.2, 0.25) is 0 Å². The van der Waals surface area contributed by atoms with Gasteiger partial charge < -0.3 is 5.11 Å². The van der Waals surface area contributed by atoms with Crippen LogP contribution in [0.25, 0.3) is 0 Å². The lowest BCUT2D eigenvalue weighted by Gasteiger charge is -2.13. The van der Waals surface area contributed by atoms with Gasteiger partial charge in [0.05, 0.1) is 5.60 Å². The van der Waals surface area contributed by atoms with Crippen molar-refractivity contribution in [1.29, 1.82) is 0 Å². The van der Waals surface area contributed by atoms with Gasteiger partial charge >= 0.3 is 0 Å². The van der Waals surface area contributed by atoms with Gasteiger partial charge in [-0.15, -0.1) is 0 Å². The van der Waals surface area contributed by atoms with Crippen molar-refractivity contribution in [3.05, 3.63) is 35.4 Å². The first-order valence-electron chi connectivity index (χ1n) is 5.54. The second-order valence-corrected chi connectivity index (χ2v) is 4.97. The number of rotatable bonds is 2. The van der Waals surface area contributed by atoms with E-state index in [0.717, 1.165) is 19.3 Å². The van der Waals surface area contributed by atoms with Crippen LogP contribution in [0.5, 0.6) is 0 Å². The van der Waals surface area contributed by atoms with Crippen LogP contribution in [0.4, 0.5) is 0 Å². The van der Waals surface area contributed by atoms with Crippen LogP contribution in [-0.2, 0) is 12.8 Å². The molecule has 2 aliphatic carbocycles. The van der Waals surface area contributed by atoms with Crippen LogP contribution in [0.1, 0.15) is 30.4 Å². The Bertz CT molecular complexity index is 327. The van der Waals surface area contributed by atoms with Gasteiger partial charge in [-0.25, -0.2) is 0 Å². The Morgan fingerprint density at radius 3 is 2.21 bits per heavy atom. The van der Waals surface area contributed by atoms with Crippen molar-refractivity contribution in [3.8, 4) is 0 Å². The first kappa shape index (κ1) is 8.49. The van der Waals surface area contributed by atoms with Crippen LogP contribution < -0.4 is 0 Å². The molecule has 1 fully saturated rings. The fourth-order valence-corrected chi connectivity index (χ4v) is 2.68. The molecule has 0 heterocycles. The van der Waals surface area contributed by atoms with Gasteiger partial charge in [-0.2, -0.15) is 0 Å². The normalized spacial score (nSPS) is 23.5. The Balaban J connectivity index is 1.72. The van der Waals surface area contributed by atoms with E-state index in [-0.39, 0.29) is 5.60 Å². The predicted octanol–water partition coefficient (Wildman–Crippen LogP) is 2.32. The summed E-state index contributed by atoms with van der Waals surface area (Å²) in [4.78, 5) is 0. The van der Waals surface area contributed by atoms with E-state index in [2.05, 4.69) is 24.3 Å². The third kappa shape index (κ3) is 1.46. The molecule has 3 rings (SSSR count). The van der Waals surface area contributed by atoms with Crippen molar-refractivity contribution >= 4 is 0 Å². The predicted molar refractivity (Wildman–Crippen MR) is 56.1 cm³/mol. The summed E-state index contributed by atoms with van der Waals surface area (Å²) in [5, 5.41) is 9.87. The van der Waals surface area contributed by atoms with Crippen molar-refractivity contribution in [2.45, 2.75) is 37.7 Å². The lowest BCUT2D eigenvalue weighted by molar-refractivity contribution is 0.120. The largest absolute Gasteiger partial charge is 0.390 e. The molecular formula is C13H16O. The quantitative estimate of drug-likeness (QED) is 0.755. The number of hydrogen-bond acceptors (Lipinski definition) is 1. The minimum Gasteiger partial charge on any atom is -0.390 e. The van der Waals surface area contributed by atoms with Gasteiger partial charge in [0, 0.05) is 0 Å². The molecular weight excluding hydrogens is 172 g/mol. The Labute approximate surface area is 84.8 Å². The molecule has 0 radical (unpaired) electrons. The van der Waals surface area contributed by atoms with Crippen LogP contribution in [0.15, 0.2) is 24.3 Å². The van der Waals surface area contributed by atoms with Crippen LogP contribution in [0, 0.1) is 5.92 Å². The summed E-state index contributed by atoms with van der Waals surface area (Å²) >= 11 is 0.